The van der Waals surface area contributed by atoms with Crippen molar-refractivity contribution in [3.05, 3.63) is 40.4 Å². The number of carbonyl (C=O) groups excluding carboxylic acids is 1. The average Bonchev–Trinajstić information content (AvgIpc) is 2.74. The molecule has 1 aromatic heterocycles. The van der Waals surface area contributed by atoms with Crippen LogP contribution in [0.1, 0.15) is 23.0 Å². The summed E-state index contributed by atoms with van der Waals surface area (Å²) < 4.78 is 23.7. The number of hydrogen-bond acceptors (Lipinski definition) is 4. The maximum Gasteiger partial charge on any atom is 0.344 e. The summed E-state index contributed by atoms with van der Waals surface area (Å²) in [6, 6.07) is 4.00. The van der Waals surface area contributed by atoms with Crippen LogP contribution in [0.3, 0.4) is 0 Å². The molecule has 0 saturated carbocycles. The largest absolute Gasteiger partial charge is 0.462 e. The van der Waals surface area contributed by atoms with Crippen LogP contribution in [0.2, 0.25) is 5.02 Å². The molecule has 6 heteroatoms. The first-order valence-corrected chi connectivity index (χ1v) is 6.01. The lowest BCUT2D eigenvalue weighted by Gasteiger charge is -2.04. The van der Waals surface area contributed by atoms with Crippen LogP contribution < -0.4 is 0 Å². The summed E-state index contributed by atoms with van der Waals surface area (Å²) in [5.74, 6) is -0.869. The second kappa shape index (κ2) is 5.40. The Bertz CT molecular complexity index is 624. The summed E-state index contributed by atoms with van der Waals surface area (Å²) in [6.07, 6.45) is 0. The van der Waals surface area contributed by atoms with Gasteiger partial charge in [-0.1, -0.05) is 16.8 Å². The number of ether oxygens (including phenoxy) is 1. The molecule has 0 saturated heterocycles. The Labute approximate surface area is 114 Å². The number of carbonyl (C=O) groups is 1. The Morgan fingerprint density at radius 1 is 1.53 bits per heavy atom. The monoisotopic (exact) mass is 283 g/mol. The van der Waals surface area contributed by atoms with Crippen LogP contribution in [0.5, 0.6) is 0 Å². The summed E-state index contributed by atoms with van der Waals surface area (Å²) in [4.78, 5) is 11.8. The van der Waals surface area contributed by atoms with Gasteiger partial charge in [0.1, 0.15) is 22.8 Å². The van der Waals surface area contributed by atoms with Crippen LogP contribution >= 0.6 is 11.6 Å². The lowest BCUT2D eigenvalue weighted by Crippen LogP contribution is -2.07. The Hall–Kier alpha value is -1.88. The average molecular weight is 284 g/mol. The maximum absolute atomic E-state index is 13.8. The van der Waals surface area contributed by atoms with Crippen molar-refractivity contribution in [2.75, 3.05) is 6.61 Å². The minimum absolute atomic E-state index is 0.0935. The summed E-state index contributed by atoms with van der Waals surface area (Å²) in [5, 5.41) is 4.06. The molecule has 0 aliphatic carbocycles. The van der Waals surface area contributed by atoms with E-state index in [1.165, 1.54) is 18.2 Å². The Morgan fingerprint density at radius 2 is 2.26 bits per heavy atom. The number of aryl methyl sites for hydroxylation is 1. The molecule has 2 rings (SSSR count). The first kappa shape index (κ1) is 13.5. The number of rotatable bonds is 3. The van der Waals surface area contributed by atoms with E-state index in [0.29, 0.717) is 5.02 Å². The van der Waals surface area contributed by atoms with Crippen LogP contribution in [-0.2, 0) is 4.74 Å². The molecule has 0 aliphatic rings. The standard InChI is InChI=1S/C13H11ClFNO3/c1-3-18-13(17)11-7(2)19-16-12(11)9-6-8(14)4-5-10(9)15/h4-6H,3H2,1-2H3. The Morgan fingerprint density at radius 3 is 2.95 bits per heavy atom. The number of hydrogen-bond donors (Lipinski definition) is 0. The van der Waals surface area contributed by atoms with Crippen molar-refractivity contribution >= 4 is 17.6 Å². The van der Waals surface area contributed by atoms with E-state index >= 15 is 0 Å². The van der Waals surface area contributed by atoms with Gasteiger partial charge in [-0.05, 0) is 32.0 Å². The van der Waals surface area contributed by atoms with Gasteiger partial charge in [-0.3, -0.25) is 0 Å². The molecule has 2 aromatic rings. The number of halogens is 2. The van der Waals surface area contributed by atoms with Gasteiger partial charge in [0, 0.05) is 10.6 Å². The van der Waals surface area contributed by atoms with Gasteiger partial charge in [-0.15, -0.1) is 0 Å². The zero-order chi connectivity index (χ0) is 14.0. The fourth-order valence-electron chi connectivity index (χ4n) is 1.68. The van der Waals surface area contributed by atoms with Gasteiger partial charge >= 0.3 is 5.97 Å². The van der Waals surface area contributed by atoms with Gasteiger partial charge in [0.05, 0.1) is 6.61 Å². The van der Waals surface area contributed by atoms with Crippen molar-refractivity contribution in [1.29, 1.82) is 0 Å². The SMILES string of the molecule is CCOC(=O)c1c(-c2cc(Cl)ccc2F)noc1C. The fourth-order valence-corrected chi connectivity index (χ4v) is 1.85. The van der Waals surface area contributed by atoms with Crippen molar-refractivity contribution in [1.82, 2.24) is 5.16 Å². The highest BCUT2D eigenvalue weighted by Crippen LogP contribution is 2.30. The third kappa shape index (κ3) is 2.61. The molecule has 0 bridgehead atoms. The quantitative estimate of drug-likeness (QED) is 0.807. The van der Waals surface area contributed by atoms with Gasteiger partial charge < -0.3 is 9.26 Å². The zero-order valence-corrected chi connectivity index (χ0v) is 11.1. The number of benzene rings is 1. The smallest absolute Gasteiger partial charge is 0.344 e. The molecule has 0 radical (unpaired) electrons. The Balaban J connectivity index is 2.57. The summed E-state index contributed by atoms with van der Waals surface area (Å²) in [6.45, 7) is 3.45. The van der Waals surface area contributed by atoms with E-state index in [0.717, 1.165) is 0 Å². The van der Waals surface area contributed by atoms with E-state index in [2.05, 4.69) is 5.16 Å². The lowest BCUT2D eigenvalue weighted by molar-refractivity contribution is 0.0525. The van der Waals surface area contributed by atoms with E-state index in [9.17, 15) is 9.18 Å². The minimum Gasteiger partial charge on any atom is -0.462 e. The Kier molecular flexibility index (Phi) is 3.85. The van der Waals surface area contributed by atoms with Gasteiger partial charge in [-0.2, -0.15) is 0 Å². The third-order valence-corrected chi connectivity index (χ3v) is 2.76. The molecule has 0 spiro atoms. The van der Waals surface area contributed by atoms with Crippen molar-refractivity contribution in [2.24, 2.45) is 0 Å². The second-order valence-corrected chi connectivity index (χ2v) is 4.24. The van der Waals surface area contributed by atoms with Crippen molar-refractivity contribution in [3.63, 3.8) is 0 Å². The normalized spacial score (nSPS) is 10.5. The predicted molar refractivity (Wildman–Crippen MR) is 67.6 cm³/mol. The summed E-state index contributed by atoms with van der Waals surface area (Å²) in [5.41, 5.74) is 0.311. The molecular weight excluding hydrogens is 273 g/mol. The van der Waals surface area contributed by atoms with Crippen molar-refractivity contribution in [3.8, 4) is 11.3 Å². The van der Waals surface area contributed by atoms with Crippen molar-refractivity contribution < 1.29 is 18.4 Å². The molecule has 1 aromatic carbocycles. The van der Waals surface area contributed by atoms with Crippen LogP contribution in [-0.4, -0.2) is 17.7 Å². The summed E-state index contributed by atoms with van der Waals surface area (Å²) in [7, 11) is 0. The van der Waals surface area contributed by atoms with E-state index < -0.39 is 11.8 Å². The van der Waals surface area contributed by atoms with E-state index in [1.54, 1.807) is 13.8 Å². The molecule has 100 valence electrons. The predicted octanol–water partition coefficient (Wildman–Crippen LogP) is 3.62. The number of esters is 1. The van der Waals surface area contributed by atoms with Crippen LogP contribution in [0.25, 0.3) is 11.3 Å². The van der Waals surface area contributed by atoms with Gasteiger partial charge in [-0.25, -0.2) is 9.18 Å². The van der Waals surface area contributed by atoms with Gasteiger partial charge in [0.15, 0.2) is 0 Å². The molecular formula is C13H11ClFNO3. The van der Waals surface area contributed by atoms with E-state index in [4.69, 9.17) is 20.9 Å². The fraction of sp³-hybridized carbons (Fsp3) is 0.231. The second-order valence-electron chi connectivity index (χ2n) is 3.81. The van der Waals surface area contributed by atoms with Crippen LogP contribution in [0.4, 0.5) is 4.39 Å². The van der Waals surface area contributed by atoms with Gasteiger partial charge in [0.2, 0.25) is 0 Å². The first-order valence-electron chi connectivity index (χ1n) is 5.63. The molecule has 4 nitrogen and oxygen atoms in total. The maximum atomic E-state index is 13.8. The highest BCUT2D eigenvalue weighted by Gasteiger charge is 2.24. The molecule has 19 heavy (non-hydrogen) atoms. The topological polar surface area (TPSA) is 52.3 Å². The lowest BCUT2D eigenvalue weighted by atomic mass is 10.1. The molecule has 0 aliphatic heterocycles. The van der Waals surface area contributed by atoms with Crippen LogP contribution in [0, 0.1) is 12.7 Å². The summed E-state index contributed by atoms with van der Waals surface area (Å²) >= 11 is 5.83. The highest BCUT2D eigenvalue weighted by atomic mass is 35.5. The zero-order valence-electron chi connectivity index (χ0n) is 10.4. The molecule has 0 atom stereocenters. The molecule has 0 unspecified atom stereocenters. The first-order chi connectivity index (χ1) is 9.04. The molecule has 1 heterocycles. The third-order valence-electron chi connectivity index (χ3n) is 2.53. The van der Waals surface area contributed by atoms with E-state index in [1.807, 2.05) is 0 Å². The molecule has 0 fully saturated rings. The van der Waals surface area contributed by atoms with Gasteiger partial charge in [0.25, 0.3) is 0 Å². The van der Waals surface area contributed by atoms with Crippen LogP contribution in [0.15, 0.2) is 22.7 Å². The van der Waals surface area contributed by atoms with Crippen molar-refractivity contribution in [2.45, 2.75) is 13.8 Å². The highest BCUT2D eigenvalue weighted by molar-refractivity contribution is 6.30. The number of nitrogens with zero attached hydrogens (tertiary/aromatic N) is 1. The van der Waals surface area contributed by atoms with E-state index in [-0.39, 0.29) is 29.2 Å². The minimum atomic E-state index is -0.601. The molecule has 0 N–H and O–H groups in total. The molecule has 0 amide bonds. The number of aromatic nitrogens is 1.